The van der Waals surface area contributed by atoms with Crippen molar-refractivity contribution in [3.63, 3.8) is 0 Å². The normalized spacial score (nSPS) is 30.0. The van der Waals surface area contributed by atoms with Crippen molar-refractivity contribution in [3.8, 4) is 0 Å². The highest BCUT2D eigenvalue weighted by Gasteiger charge is 2.14. The maximum Gasteiger partial charge on any atom is 0.0587 e. The van der Waals surface area contributed by atoms with Gasteiger partial charge in [0.05, 0.1) is 6.61 Å². The third-order valence-electron chi connectivity index (χ3n) is 3.00. The van der Waals surface area contributed by atoms with Crippen molar-refractivity contribution >= 4 is 0 Å². The minimum atomic E-state index is 0.750. The summed E-state index contributed by atoms with van der Waals surface area (Å²) in [6.07, 6.45) is 6.91. The van der Waals surface area contributed by atoms with Crippen LogP contribution in [0.1, 0.15) is 39.0 Å². The molecule has 0 aromatic rings. The average Bonchev–Trinajstić information content (AvgIpc) is 2.32. The smallest absolute Gasteiger partial charge is 0.0587 e. The molecule has 2 nitrogen and oxygen atoms in total. The molecule has 0 heterocycles. The molecule has 0 bridgehead atoms. The van der Waals surface area contributed by atoms with E-state index >= 15 is 0 Å². The standard InChI is InChI=1S/C11H23NO/c1-10-4-3-5-11(7-6-10)12-8-9-13-2/h10-12H,3-9H2,1-2H3. The quantitative estimate of drug-likeness (QED) is 0.535. The van der Waals surface area contributed by atoms with Crippen LogP contribution in [-0.4, -0.2) is 26.3 Å². The van der Waals surface area contributed by atoms with Crippen LogP contribution in [0.2, 0.25) is 0 Å². The second kappa shape index (κ2) is 6.39. The Kier molecular flexibility index (Phi) is 5.40. The van der Waals surface area contributed by atoms with Gasteiger partial charge in [-0.05, 0) is 25.2 Å². The highest BCUT2D eigenvalue weighted by molar-refractivity contribution is 4.72. The molecule has 1 aliphatic rings. The minimum Gasteiger partial charge on any atom is -0.383 e. The Labute approximate surface area is 82.0 Å². The van der Waals surface area contributed by atoms with Crippen LogP contribution in [0, 0.1) is 5.92 Å². The summed E-state index contributed by atoms with van der Waals surface area (Å²) < 4.78 is 5.02. The second-order valence-corrected chi connectivity index (χ2v) is 4.26. The molecular weight excluding hydrogens is 162 g/mol. The van der Waals surface area contributed by atoms with Gasteiger partial charge >= 0.3 is 0 Å². The van der Waals surface area contributed by atoms with E-state index in [0.29, 0.717) is 0 Å². The molecule has 0 radical (unpaired) electrons. The molecule has 0 aliphatic heterocycles. The maximum absolute atomic E-state index is 5.02. The Balaban J connectivity index is 2.11. The Morgan fingerprint density at radius 1 is 1.23 bits per heavy atom. The van der Waals surface area contributed by atoms with E-state index < -0.39 is 0 Å². The predicted octanol–water partition coefficient (Wildman–Crippen LogP) is 2.19. The molecule has 1 N–H and O–H groups in total. The van der Waals surface area contributed by atoms with Gasteiger partial charge in [0.1, 0.15) is 0 Å². The van der Waals surface area contributed by atoms with Crippen molar-refractivity contribution < 1.29 is 4.74 Å². The number of rotatable bonds is 4. The Hall–Kier alpha value is -0.0800. The van der Waals surface area contributed by atoms with Gasteiger partial charge in [-0.25, -0.2) is 0 Å². The third kappa shape index (κ3) is 4.63. The van der Waals surface area contributed by atoms with Gasteiger partial charge in [0.2, 0.25) is 0 Å². The van der Waals surface area contributed by atoms with E-state index in [1.165, 1.54) is 32.1 Å². The number of nitrogens with one attached hydrogen (secondary N) is 1. The monoisotopic (exact) mass is 185 g/mol. The molecule has 1 saturated carbocycles. The van der Waals surface area contributed by atoms with Crippen molar-refractivity contribution in [2.75, 3.05) is 20.3 Å². The first-order valence-corrected chi connectivity index (χ1v) is 5.55. The van der Waals surface area contributed by atoms with E-state index in [-0.39, 0.29) is 0 Å². The molecule has 2 heteroatoms. The lowest BCUT2D eigenvalue weighted by atomic mass is 10.0. The molecule has 1 fully saturated rings. The molecule has 0 aromatic heterocycles. The summed E-state index contributed by atoms with van der Waals surface area (Å²) >= 11 is 0. The zero-order chi connectivity index (χ0) is 9.52. The van der Waals surface area contributed by atoms with Crippen molar-refractivity contribution in [2.24, 2.45) is 5.92 Å². The van der Waals surface area contributed by atoms with E-state index in [1.54, 1.807) is 7.11 Å². The molecule has 2 unspecified atom stereocenters. The summed E-state index contributed by atoms with van der Waals surface area (Å²) in [5.41, 5.74) is 0. The van der Waals surface area contributed by atoms with Crippen LogP contribution in [0.5, 0.6) is 0 Å². The Morgan fingerprint density at radius 2 is 2.08 bits per heavy atom. The largest absolute Gasteiger partial charge is 0.383 e. The van der Waals surface area contributed by atoms with Gasteiger partial charge in [-0.2, -0.15) is 0 Å². The van der Waals surface area contributed by atoms with E-state index in [4.69, 9.17) is 4.74 Å². The number of hydrogen-bond donors (Lipinski definition) is 1. The number of hydrogen-bond acceptors (Lipinski definition) is 2. The summed E-state index contributed by atoms with van der Waals surface area (Å²) in [7, 11) is 1.76. The summed E-state index contributed by atoms with van der Waals surface area (Å²) in [6, 6.07) is 0.750. The first kappa shape index (κ1) is 11.0. The van der Waals surface area contributed by atoms with Gasteiger partial charge in [-0.3, -0.25) is 0 Å². The zero-order valence-electron chi connectivity index (χ0n) is 9.01. The van der Waals surface area contributed by atoms with Crippen LogP contribution in [0.15, 0.2) is 0 Å². The summed E-state index contributed by atoms with van der Waals surface area (Å²) in [5, 5.41) is 3.56. The molecule has 1 rings (SSSR count). The molecule has 0 saturated heterocycles. The van der Waals surface area contributed by atoms with E-state index in [9.17, 15) is 0 Å². The van der Waals surface area contributed by atoms with Crippen LogP contribution >= 0.6 is 0 Å². The first-order chi connectivity index (χ1) is 6.33. The fourth-order valence-corrected chi connectivity index (χ4v) is 2.06. The molecule has 13 heavy (non-hydrogen) atoms. The maximum atomic E-state index is 5.02. The lowest BCUT2D eigenvalue weighted by molar-refractivity contribution is 0.194. The molecular formula is C11H23NO. The van der Waals surface area contributed by atoms with Gasteiger partial charge in [-0.1, -0.05) is 19.8 Å². The van der Waals surface area contributed by atoms with Crippen molar-refractivity contribution in [1.82, 2.24) is 5.32 Å². The molecule has 0 aromatic carbocycles. The van der Waals surface area contributed by atoms with E-state index in [2.05, 4.69) is 12.2 Å². The van der Waals surface area contributed by atoms with E-state index in [1.807, 2.05) is 0 Å². The van der Waals surface area contributed by atoms with Gasteiger partial charge in [0, 0.05) is 19.7 Å². The van der Waals surface area contributed by atoms with Gasteiger partial charge in [0.25, 0.3) is 0 Å². The van der Waals surface area contributed by atoms with Gasteiger partial charge in [0.15, 0.2) is 0 Å². The van der Waals surface area contributed by atoms with Crippen molar-refractivity contribution in [3.05, 3.63) is 0 Å². The SMILES string of the molecule is COCCNC1CCCC(C)CC1. The van der Waals surface area contributed by atoms with Gasteiger partial charge in [-0.15, -0.1) is 0 Å². The highest BCUT2D eigenvalue weighted by Crippen LogP contribution is 2.22. The van der Waals surface area contributed by atoms with Crippen molar-refractivity contribution in [2.45, 2.75) is 45.1 Å². The summed E-state index contributed by atoms with van der Waals surface area (Å²) in [6.45, 7) is 4.22. The predicted molar refractivity (Wildman–Crippen MR) is 55.9 cm³/mol. The van der Waals surface area contributed by atoms with Gasteiger partial charge < -0.3 is 10.1 Å². The number of ether oxygens (including phenoxy) is 1. The average molecular weight is 185 g/mol. The summed E-state index contributed by atoms with van der Waals surface area (Å²) in [4.78, 5) is 0. The van der Waals surface area contributed by atoms with Crippen LogP contribution in [-0.2, 0) is 4.74 Å². The lowest BCUT2D eigenvalue weighted by Gasteiger charge is -2.15. The van der Waals surface area contributed by atoms with Crippen LogP contribution < -0.4 is 5.32 Å². The summed E-state index contributed by atoms with van der Waals surface area (Å²) in [5.74, 6) is 0.939. The van der Waals surface area contributed by atoms with Crippen LogP contribution in [0.3, 0.4) is 0 Å². The third-order valence-corrected chi connectivity index (χ3v) is 3.00. The molecule has 2 atom stereocenters. The molecule has 78 valence electrons. The Bertz CT molecular complexity index is 127. The highest BCUT2D eigenvalue weighted by atomic mass is 16.5. The lowest BCUT2D eigenvalue weighted by Crippen LogP contribution is -2.31. The Morgan fingerprint density at radius 3 is 2.85 bits per heavy atom. The first-order valence-electron chi connectivity index (χ1n) is 5.55. The minimum absolute atomic E-state index is 0.750. The molecule has 1 aliphatic carbocycles. The van der Waals surface area contributed by atoms with E-state index in [0.717, 1.165) is 25.1 Å². The second-order valence-electron chi connectivity index (χ2n) is 4.26. The van der Waals surface area contributed by atoms with Crippen molar-refractivity contribution in [1.29, 1.82) is 0 Å². The van der Waals surface area contributed by atoms with Crippen LogP contribution in [0.4, 0.5) is 0 Å². The molecule has 0 amide bonds. The fourth-order valence-electron chi connectivity index (χ4n) is 2.06. The number of methoxy groups -OCH3 is 1. The fraction of sp³-hybridized carbons (Fsp3) is 1.00. The topological polar surface area (TPSA) is 21.3 Å². The molecule has 0 spiro atoms. The zero-order valence-corrected chi connectivity index (χ0v) is 9.01. The van der Waals surface area contributed by atoms with Crippen LogP contribution in [0.25, 0.3) is 0 Å².